The van der Waals surface area contributed by atoms with Crippen LogP contribution in [-0.4, -0.2) is 17.3 Å². The first-order chi connectivity index (χ1) is 6.81. The fourth-order valence-electron chi connectivity index (χ4n) is 1.14. The van der Waals surface area contributed by atoms with Gasteiger partial charge in [-0.05, 0) is 18.2 Å². The van der Waals surface area contributed by atoms with Crippen LogP contribution in [0, 0.1) is 5.82 Å². The lowest BCUT2D eigenvalue weighted by Gasteiger charge is -2.03. The smallest absolute Gasteiger partial charge is 0.214 e. The maximum absolute atomic E-state index is 12.9. The Kier molecular flexibility index (Phi) is 2.14. The first kappa shape index (κ1) is 8.68. The van der Waals surface area contributed by atoms with Crippen molar-refractivity contribution in [1.82, 2.24) is 10.1 Å². The van der Waals surface area contributed by atoms with Crippen LogP contribution in [0.3, 0.4) is 0 Å². The Morgan fingerprint density at radius 2 is 2.29 bits per heavy atom. The Labute approximate surface area is 79.3 Å². The highest BCUT2D eigenvalue weighted by Crippen LogP contribution is 2.27. The molecule has 0 N–H and O–H groups in total. The predicted octanol–water partition coefficient (Wildman–Crippen LogP) is 1.88. The Morgan fingerprint density at radius 1 is 1.43 bits per heavy atom. The SMILES string of the molecule is COc1ccc(F)cc1-c1ncon1. The second-order valence-electron chi connectivity index (χ2n) is 2.60. The van der Waals surface area contributed by atoms with E-state index in [9.17, 15) is 4.39 Å². The summed E-state index contributed by atoms with van der Waals surface area (Å²) >= 11 is 0. The molecule has 0 aliphatic carbocycles. The lowest BCUT2D eigenvalue weighted by Crippen LogP contribution is -1.90. The number of benzene rings is 1. The van der Waals surface area contributed by atoms with Crippen LogP contribution in [0.1, 0.15) is 0 Å². The van der Waals surface area contributed by atoms with Gasteiger partial charge in [-0.15, -0.1) is 0 Å². The molecule has 2 aromatic rings. The standard InChI is InChI=1S/C9H7FN2O2/c1-13-8-3-2-6(10)4-7(8)9-11-5-14-12-9/h2-5H,1H3. The Morgan fingerprint density at radius 3 is 2.93 bits per heavy atom. The molecule has 1 aromatic heterocycles. The number of methoxy groups -OCH3 is 1. The molecule has 0 bridgehead atoms. The zero-order valence-corrected chi connectivity index (χ0v) is 7.40. The number of ether oxygens (including phenoxy) is 1. The first-order valence-electron chi connectivity index (χ1n) is 3.91. The van der Waals surface area contributed by atoms with Crippen molar-refractivity contribution in [2.45, 2.75) is 0 Å². The quantitative estimate of drug-likeness (QED) is 0.732. The largest absolute Gasteiger partial charge is 0.496 e. The van der Waals surface area contributed by atoms with Crippen molar-refractivity contribution in [2.24, 2.45) is 0 Å². The molecule has 1 aromatic carbocycles. The molecule has 0 radical (unpaired) electrons. The number of aromatic nitrogens is 2. The molecule has 4 nitrogen and oxygen atoms in total. The maximum Gasteiger partial charge on any atom is 0.214 e. The summed E-state index contributed by atoms with van der Waals surface area (Å²) in [6.07, 6.45) is 1.18. The van der Waals surface area contributed by atoms with Crippen LogP contribution < -0.4 is 4.74 Å². The third kappa shape index (κ3) is 1.44. The number of rotatable bonds is 2. The number of hydrogen-bond donors (Lipinski definition) is 0. The van der Waals surface area contributed by atoms with Crippen LogP contribution in [0.25, 0.3) is 11.4 Å². The minimum Gasteiger partial charge on any atom is -0.496 e. The van der Waals surface area contributed by atoms with Gasteiger partial charge < -0.3 is 9.26 Å². The average Bonchev–Trinajstić information content (AvgIpc) is 2.70. The van der Waals surface area contributed by atoms with Gasteiger partial charge in [-0.3, -0.25) is 0 Å². The van der Waals surface area contributed by atoms with Crippen LogP contribution >= 0.6 is 0 Å². The van der Waals surface area contributed by atoms with E-state index < -0.39 is 0 Å². The van der Waals surface area contributed by atoms with Gasteiger partial charge in [0.15, 0.2) is 0 Å². The molecule has 0 saturated carbocycles. The minimum atomic E-state index is -0.370. The lowest BCUT2D eigenvalue weighted by atomic mass is 10.2. The van der Waals surface area contributed by atoms with E-state index in [2.05, 4.69) is 14.7 Å². The zero-order valence-electron chi connectivity index (χ0n) is 7.40. The molecule has 0 saturated heterocycles. The topological polar surface area (TPSA) is 48.2 Å². The van der Waals surface area contributed by atoms with E-state index in [0.29, 0.717) is 17.1 Å². The molecule has 1 heterocycles. The molecule has 2 rings (SSSR count). The summed E-state index contributed by atoms with van der Waals surface area (Å²) in [6, 6.07) is 4.12. The van der Waals surface area contributed by atoms with Gasteiger partial charge in [0.1, 0.15) is 11.6 Å². The van der Waals surface area contributed by atoms with E-state index in [1.54, 1.807) is 0 Å². The first-order valence-corrected chi connectivity index (χ1v) is 3.91. The monoisotopic (exact) mass is 194 g/mol. The molecule has 0 aliphatic heterocycles. The number of nitrogens with zero attached hydrogens (tertiary/aromatic N) is 2. The van der Waals surface area contributed by atoms with Gasteiger partial charge in [-0.2, -0.15) is 4.98 Å². The van der Waals surface area contributed by atoms with E-state index in [-0.39, 0.29) is 5.82 Å². The average molecular weight is 194 g/mol. The van der Waals surface area contributed by atoms with Crippen LogP contribution in [0.2, 0.25) is 0 Å². The normalized spacial score (nSPS) is 10.1. The van der Waals surface area contributed by atoms with E-state index >= 15 is 0 Å². The van der Waals surface area contributed by atoms with E-state index in [1.807, 2.05) is 0 Å². The summed E-state index contributed by atoms with van der Waals surface area (Å²) in [5.74, 6) is 0.444. The van der Waals surface area contributed by atoms with Crippen molar-refractivity contribution < 1.29 is 13.7 Å². The molecule has 14 heavy (non-hydrogen) atoms. The highest BCUT2D eigenvalue weighted by Gasteiger charge is 2.10. The van der Waals surface area contributed by atoms with Gasteiger partial charge in [-0.25, -0.2) is 4.39 Å². The highest BCUT2D eigenvalue weighted by atomic mass is 19.1. The van der Waals surface area contributed by atoms with Gasteiger partial charge in [-0.1, -0.05) is 5.16 Å². The summed E-state index contributed by atoms with van der Waals surface area (Å²) < 4.78 is 22.5. The zero-order chi connectivity index (χ0) is 9.97. The molecule has 0 atom stereocenters. The van der Waals surface area contributed by atoms with Gasteiger partial charge in [0.05, 0.1) is 12.7 Å². The van der Waals surface area contributed by atoms with Gasteiger partial charge in [0.2, 0.25) is 12.2 Å². The van der Waals surface area contributed by atoms with Crippen molar-refractivity contribution in [1.29, 1.82) is 0 Å². The van der Waals surface area contributed by atoms with Crippen molar-refractivity contribution in [3.05, 3.63) is 30.4 Å². The summed E-state index contributed by atoms with van der Waals surface area (Å²) in [5, 5.41) is 3.60. The predicted molar refractivity (Wildman–Crippen MR) is 46.2 cm³/mol. The van der Waals surface area contributed by atoms with Crippen LogP contribution in [-0.2, 0) is 0 Å². The molecular formula is C9H7FN2O2. The highest BCUT2D eigenvalue weighted by molar-refractivity contribution is 5.63. The molecule has 0 aliphatic rings. The van der Waals surface area contributed by atoms with E-state index in [4.69, 9.17) is 4.74 Å². The lowest BCUT2D eigenvalue weighted by molar-refractivity contribution is 0.409. The van der Waals surface area contributed by atoms with Gasteiger partial charge in [0, 0.05) is 0 Å². The van der Waals surface area contributed by atoms with Gasteiger partial charge >= 0.3 is 0 Å². The third-order valence-corrected chi connectivity index (χ3v) is 1.76. The van der Waals surface area contributed by atoms with Gasteiger partial charge in [0.25, 0.3) is 0 Å². The number of halogens is 1. The van der Waals surface area contributed by atoms with E-state index in [1.165, 1.54) is 31.7 Å². The Bertz CT molecular complexity index is 428. The van der Waals surface area contributed by atoms with Crippen LogP contribution in [0.5, 0.6) is 5.75 Å². The summed E-state index contributed by atoms with van der Waals surface area (Å²) in [6.45, 7) is 0. The molecule has 0 fully saturated rings. The van der Waals surface area contributed by atoms with Crippen molar-refractivity contribution in [2.75, 3.05) is 7.11 Å². The molecular weight excluding hydrogens is 187 g/mol. The molecule has 72 valence electrons. The summed E-state index contributed by atoms with van der Waals surface area (Å²) in [7, 11) is 1.50. The second kappa shape index (κ2) is 3.45. The summed E-state index contributed by atoms with van der Waals surface area (Å²) in [4.78, 5) is 3.81. The minimum absolute atomic E-state index is 0.307. The van der Waals surface area contributed by atoms with E-state index in [0.717, 1.165) is 0 Å². The molecule has 0 unspecified atom stereocenters. The molecule has 0 amide bonds. The van der Waals surface area contributed by atoms with Crippen molar-refractivity contribution in [3.8, 4) is 17.1 Å². The van der Waals surface area contributed by atoms with Crippen molar-refractivity contribution in [3.63, 3.8) is 0 Å². The van der Waals surface area contributed by atoms with Crippen molar-refractivity contribution >= 4 is 0 Å². The molecule has 5 heteroatoms. The fraction of sp³-hybridized carbons (Fsp3) is 0.111. The van der Waals surface area contributed by atoms with Crippen LogP contribution in [0.4, 0.5) is 4.39 Å². The molecule has 0 spiro atoms. The van der Waals surface area contributed by atoms with Crippen LogP contribution in [0.15, 0.2) is 29.1 Å². The Balaban J connectivity index is 2.55. The Hall–Kier alpha value is -1.91. The second-order valence-corrected chi connectivity index (χ2v) is 2.60. The third-order valence-electron chi connectivity index (χ3n) is 1.76. The maximum atomic E-state index is 12.9. The number of hydrogen-bond acceptors (Lipinski definition) is 4. The fourth-order valence-corrected chi connectivity index (χ4v) is 1.14. The summed E-state index contributed by atoms with van der Waals surface area (Å²) in [5.41, 5.74) is 0.473.